The van der Waals surface area contributed by atoms with Crippen LogP contribution in [0.3, 0.4) is 0 Å². The van der Waals surface area contributed by atoms with Gasteiger partial charge in [0.2, 0.25) is 0 Å². The summed E-state index contributed by atoms with van der Waals surface area (Å²) in [5, 5.41) is 0.650. The summed E-state index contributed by atoms with van der Waals surface area (Å²) in [6.07, 6.45) is -5.15. The van der Waals surface area contributed by atoms with Crippen LogP contribution in [0.5, 0.6) is 5.75 Å². The van der Waals surface area contributed by atoms with Gasteiger partial charge in [0.15, 0.2) is 10.6 Å². The highest BCUT2D eigenvalue weighted by Gasteiger charge is 2.38. The number of rotatable bonds is 5. The van der Waals surface area contributed by atoms with Gasteiger partial charge in [-0.25, -0.2) is 9.59 Å². The molecule has 122 valence electrons. The number of carbonyl (C=O) groups is 1. The average Bonchev–Trinajstić information content (AvgIpc) is 2.69. The third-order valence-electron chi connectivity index (χ3n) is 1.88. The molecule has 0 aliphatic carbocycles. The lowest BCUT2D eigenvalue weighted by Crippen LogP contribution is -2.19. The van der Waals surface area contributed by atoms with Gasteiger partial charge in [0.1, 0.15) is 4.88 Å². The van der Waals surface area contributed by atoms with Crippen molar-refractivity contribution in [2.24, 2.45) is 4.40 Å². The van der Waals surface area contributed by atoms with Crippen LogP contribution in [0.4, 0.5) is 13.2 Å². The predicted molar refractivity (Wildman–Crippen MR) is 66.9 cm³/mol. The number of sulfonamides is 1. The number of hydrogen-bond donors (Lipinski definition) is 0. The summed E-state index contributed by atoms with van der Waals surface area (Å²) in [6, 6.07) is 0. The Morgan fingerprint density at radius 2 is 2.00 bits per heavy atom. The van der Waals surface area contributed by atoms with Gasteiger partial charge in [0, 0.05) is 5.38 Å². The predicted octanol–water partition coefficient (Wildman–Crippen LogP) is 2.24. The van der Waals surface area contributed by atoms with E-state index in [-0.39, 0.29) is 0 Å². The molecule has 0 radical (unpaired) electrons. The molecule has 0 amide bonds. The summed E-state index contributed by atoms with van der Waals surface area (Å²) in [7, 11) is -4.90. The van der Waals surface area contributed by atoms with Gasteiger partial charge in [-0.2, -0.15) is 8.42 Å². The number of hydrogen-bond acceptors (Lipinski definition) is 7. The van der Waals surface area contributed by atoms with Crippen molar-refractivity contribution in [2.75, 3.05) is 0 Å². The van der Waals surface area contributed by atoms with Crippen LogP contribution in [0.25, 0.3) is 0 Å². The van der Waals surface area contributed by atoms with Gasteiger partial charge in [-0.3, -0.25) is 0 Å². The molecule has 0 aliphatic rings. The van der Waals surface area contributed by atoms with Crippen molar-refractivity contribution >= 4 is 33.4 Å². The fourth-order valence-electron chi connectivity index (χ4n) is 1.27. The molecule has 0 aliphatic heterocycles. The molecule has 0 atom stereocenters. The highest BCUT2D eigenvalue weighted by molar-refractivity contribution is 7.90. The normalized spacial score (nSPS) is 11.9. The molecule has 1 aromatic heterocycles. The van der Waals surface area contributed by atoms with Crippen LogP contribution < -0.4 is 4.74 Å². The maximum absolute atomic E-state index is 12.3. The molecule has 1 aromatic rings. The summed E-state index contributed by atoms with van der Waals surface area (Å²) < 4.78 is 71.0. The molecule has 0 saturated heterocycles. The minimum absolute atomic E-state index is 0.351. The smallest absolute Gasteiger partial charge is 0.459 e. The van der Waals surface area contributed by atoms with Crippen molar-refractivity contribution in [2.45, 2.75) is 31.2 Å². The lowest BCUT2D eigenvalue weighted by Gasteiger charge is -2.10. The Kier molecular flexibility index (Phi) is 5.33. The Labute approximate surface area is 126 Å². The Balaban J connectivity index is 3.48. The first-order valence-electron chi connectivity index (χ1n) is 5.40. The summed E-state index contributed by atoms with van der Waals surface area (Å²) in [5.41, 5.74) is 0. The van der Waals surface area contributed by atoms with Crippen LogP contribution in [0.15, 0.2) is 14.7 Å². The molecule has 0 spiro atoms. The van der Waals surface area contributed by atoms with Gasteiger partial charge in [-0.15, -0.1) is 24.5 Å². The zero-order valence-corrected chi connectivity index (χ0v) is 12.6. The van der Waals surface area contributed by atoms with E-state index in [1.54, 1.807) is 0 Å². The van der Waals surface area contributed by atoms with E-state index in [4.69, 9.17) is 4.74 Å². The van der Waals surface area contributed by atoms with Crippen LogP contribution >= 0.6 is 11.3 Å². The minimum Gasteiger partial charge on any atom is -0.459 e. The van der Waals surface area contributed by atoms with Gasteiger partial charge in [-0.1, -0.05) is 4.40 Å². The first kappa shape index (κ1) is 18.1. The van der Waals surface area contributed by atoms with Gasteiger partial charge in [-0.05, 0) is 13.8 Å². The molecule has 0 N–H and O–H groups in total. The number of halogens is 3. The van der Waals surface area contributed by atoms with Crippen LogP contribution in [-0.2, 0) is 19.6 Å². The van der Waals surface area contributed by atoms with E-state index in [1.165, 1.54) is 13.8 Å². The summed E-state index contributed by atoms with van der Waals surface area (Å²) in [4.78, 5) is 20.0. The number of isocyanates is 1. The lowest BCUT2D eigenvalue weighted by atomic mass is 10.4. The molecular weight excluding hydrogens is 351 g/mol. The van der Waals surface area contributed by atoms with E-state index in [0.717, 1.165) is 0 Å². The Hall–Kier alpha value is -1.91. The number of thiophene rings is 1. The number of carbonyl (C=O) groups excluding carboxylic acids is 2. The molecule has 12 heteroatoms. The van der Waals surface area contributed by atoms with Crippen molar-refractivity contribution in [1.29, 1.82) is 0 Å². The zero-order valence-electron chi connectivity index (χ0n) is 11.0. The van der Waals surface area contributed by atoms with Gasteiger partial charge in [0.05, 0.1) is 6.10 Å². The minimum atomic E-state index is -5.20. The van der Waals surface area contributed by atoms with Crippen molar-refractivity contribution in [1.82, 2.24) is 0 Å². The van der Waals surface area contributed by atoms with E-state index in [1.807, 2.05) is 0 Å². The SMILES string of the molecule is CC(C)OC(=O)c1scc(OC(F)(F)F)c1S(=O)(=O)N=C=O. The highest BCUT2D eigenvalue weighted by atomic mass is 32.2. The topological polar surface area (TPSA) is 99.1 Å². The van der Waals surface area contributed by atoms with E-state index < -0.39 is 44.0 Å². The first-order valence-corrected chi connectivity index (χ1v) is 7.72. The summed E-state index contributed by atoms with van der Waals surface area (Å²) in [5.74, 6) is -2.36. The van der Waals surface area contributed by atoms with Crippen LogP contribution in [-0.4, -0.2) is 32.9 Å². The Morgan fingerprint density at radius 3 is 2.45 bits per heavy atom. The third-order valence-corrected chi connectivity index (χ3v) is 4.19. The molecule has 0 saturated carbocycles. The van der Waals surface area contributed by atoms with Gasteiger partial charge in [0.25, 0.3) is 16.1 Å². The van der Waals surface area contributed by atoms with Gasteiger partial charge >= 0.3 is 12.3 Å². The van der Waals surface area contributed by atoms with E-state index >= 15 is 0 Å². The maximum Gasteiger partial charge on any atom is 0.573 e. The molecule has 0 bridgehead atoms. The maximum atomic E-state index is 12.3. The monoisotopic (exact) mass is 359 g/mol. The second kappa shape index (κ2) is 6.46. The Morgan fingerprint density at radius 1 is 1.41 bits per heavy atom. The van der Waals surface area contributed by atoms with Crippen molar-refractivity contribution in [3.8, 4) is 5.75 Å². The Bertz CT molecular complexity index is 716. The second-order valence-electron chi connectivity index (χ2n) is 3.92. The van der Waals surface area contributed by atoms with E-state index in [0.29, 0.717) is 22.8 Å². The number of ether oxygens (including phenoxy) is 2. The number of nitrogens with zero attached hydrogens (tertiary/aromatic N) is 1. The molecule has 0 unspecified atom stereocenters. The largest absolute Gasteiger partial charge is 0.573 e. The number of esters is 1. The fourth-order valence-corrected chi connectivity index (χ4v) is 3.41. The zero-order chi connectivity index (χ0) is 17.1. The average molecular weight is 359 g/mol. The summed E-state index contributed by atoms with van der Waals surface area (Å²) in [6.45, 7) is 2.91. The van der Waals surface area contributed by atoms with Crippen molar-refractivity contribution < 1.29 is 40.7 Å². The quantitative estimate of drug-likeness (QED) is 0.454. The standard InChI is InChI=1S/C10H8F3NO6S2/c1-5(2)19-9(16)7-8(22(17,18)14-4-15)6(3-21-7)20-10(11,12)13/h3,5H,1-2H3. The molecule has 0 fully saturated rings. The molecule has 0 aromatic carbocycles. The second-order valence-corrected chi connectivity index (χ2v) is 6.34. The van der Waals surface area contributed by atoms with Crippen LogP contribution in [0.2, 0.25) is 0 Å². The van der Waals surface area contributed by atoms with E-state index in [2.05, 4.69) is 9.13 Å². The molecule has 22 heavy (non-hydrogen) atoms. The van der Waals surface area contributed by atoms with Crippen LogP contribution in [0, 0.1) is 0 Å². The van der Waals surface area contributed by atoms with Gasteiger partial charge < -0.3 is 9.47 Å². The van der Waals surface area contributed by atoms with Crippen molar-refractivity contribution in [3.05, 3.63) is 10.3 Å². The summed E-state index contributed by atoms with van der Waals surface area (Å²) >= 11 is 0.351. The molecular formula is C10H8F3NO6S2. The molecule has 1 heterocycles. The van der Waals surface area contributed by atoms with E-state index in [9.17, 15) is 31.2 Å². The number of alkyl halides is 3. The van der Waals surface area contributed by atoms with Crippen molar-refractivity contribution in [3.63, 3.8) is 0 Å². The molecule has 1 rings (SSSR count). The lowest BCUT2D eigenvalue weighted by molar-refractivity contribution is -0.275. The molecule has 7 nitrogen and oxygen atoms in total. The first-order chi connectivity index (χ1) is 9.98. The fraction of sp³-hybridized carbons (Fsp3) is 0.400. The van der Waals surface area contributed by atoms with Crippen LogP contribution in [0.1, 0.15) is 23.5 Å². The third kappa shape index (κ3) is 4.55. The highest BCUT2D eigenvalue weighted by Crippen LogP contribution is 2.38.